The van der Waals surface area contributed by atoms with Gasteiger partial charge in [0.25, 0.3) is 0 Å². The van der Waals surface area contributed by atoms with Gasteiger partial charge in [-0.05, 0) is 37.6 Å². The van der Waals surface area contributed by atoms with Crippen molar-refractivity contribution in [3.05, 3.63) is 29.8 Å². The quantitative estimate of drug-likeness (QED) is 0.854. The first-order valence-corrected chi connectivity index (χ1v) is 6.42. The maximum atomic E-state index is 12.1. The molecule has 18 heavy (non-hydrogen) atoms. The summed E-state index contributed by atoms with van der Waals surface area (Å²) in [5.74, 6) is 0.201. The first-order chi connectivity index (χ1) is 8.79. The minimum atomic E-state index is 0.0895. The van der Waals surface area contributed by atoms with E-state index in [1.54, 1.807) is 0 Å². The molecule has 1 saturated heterocycles. The van der Waals surface area contributed by atoms with Gasteiger partial charge in [0.05, 0.1) is 0 Å². The molecule has 0 saturated carbocycles. The van der Waals surface area contributed by atoms with Gasteiger partial charge >= 0.3 is 0 Å². The molecule has 0 aliphatic carbocycles. The van der Waals surface area contributed by atoms with Crippen LogP contribution in [-0.2, 0) is 16.1 Å². The minimum absolute atomic E-state index is 0.0895. The number of nitrogens with one attached hydrogen (secondary N) is 2. The van der Waals surface area contributed by atoms with E-state index in [1.807, 2.05) is 31.3 Å². The zero-order valence-corrected chi connectivity index (χ0v) is 10.7. The average Bonchev–Trinajstić information content (AvgIpc) is 2.40. The molecule has 1 amide bonds. The molecule has 1 fully saturated rings. The summed E-state index contributed by atoms with van der Waals surface area (Å²) in [6.07, 6.45) is 1.64. The van der Waals surface area contributed by atoms with Gasteiger partial charge in [-0.15, -0.1) is 0 Å². The number of anilines is 1. The molecule has 1 aliphatic rings. The topological polar surface area (TPSA) is 50.4 Å². The smallest absolute Gasteiger partial charge is 0.227 e. The highest BCUT2D eigenvalue weighted by molar-refractivity contribution is 5.92. The van der Waals surface area contributed by atoms with Crippen molar-refractivity contribution >= 4 is 11.6 Å². The van der Waals surface area contributed by atoms with Crippen molar-refractivity contribution in [1.29, 1.82) is 0 Å². The highest BCUT2D eigenvalue weighted by Gasteiger charge is 2.21. The van der Waals surface area contributed by atoms with E-state index in [0.717, 1.165) is 25.1 Å². The van der Waals surface area contributed by atoms with Gasteiger partial charge < -0.3 is 15.4 Å². The van der Waals surface area contributed by atoms with Gasteiger partial charge in [-0.1, -0.05) is 12.1 Å². The predicted octanol–water partition coefficient (Wildman–Crippen LogP) is 1.77. The fourth-order valence-corrected chi connectivity index (χ4v) is 2.17. The van der Waals surface area contributed by atoms with Crippen LogP contribution in [0.25, 0.3) is 0 Å². The summed E-state index contributed by atoms with van der Waals surface area (Å²) >= 11 is 0. The Kier molecular flexibility index (Phi) is 4.73. The van der Waals surface area contributed by atoms with Crippen LogP contribution in [0, 0.1) is 5.92 Å². The molecule has 1 aromatic carbocycles. The molecule has 0 spiro atoms. The van der Waals surface area contributed by atoms with Crippen LogP contribution in [0.4, 0.5) is 5.69 Å². The lowest BCUT2D eigenvalue weighted by atomic mass is 9.99. The molecule has 1 heterocycles. The Morgan fingerprint density at radius 2 is 2.17 bits per heavy atom. The van der Waals surface area contributed by atoms with Crippen LogP contribution in [0.2, 0.25) is 0 Å². The molecule has 2 N–H and O–H groups in total. The van der Waals surface area contributed by atoms with Gasteiger partial charge in [-0.25, -0.2) is 0 Å². The minimum Gasteiger partial charge on any atom is -0.381 e. The second-order valence-electron chi connectivity index (χ2n) is 4.61. The van der Waals surface area contributed by atoms with E-state index < -0.39 is 0 Å². The second-order valence-corrected chi connectivity index (χ2v) is 4.61. The van der Waals surface area contributed by atoms with Crippen LogP contribution >= 0.6 is 0 Å². The summed E-state index contributed by atoms with van der Waals surface area (Å²) in [4.78, 5) is 12.1. The van der Waals surface area contributed by atoms with Crippen LogP contribution in [-0.4, -0.2) is 26.2 Å². The lowest BCUT2D eigenvalue weighted by Crippen LogP contribution is -2.28. The van der Waals surface area contributed by atoms with Crippen molar-refractivity contribution in [2.45, 2.75) is 19.4 Å². The lowest BCUT2D eigenvalue weighted by Gasteiger charge is -2.21. The van der Waals surface area contributed by atoms with Crippen molar-refractivity contribution in [2.75, 3.05) is 25.6 Å². The molecule has 0 atom stereocenters. The summed E-state index contributed by atoms with van der Waals surface area (Å²) in [6, 6.07) is 7.94. The zero-order valence-electron chi connectivity index (χ0n) is 10.7. The van der Waals surface area contributed by atoms with E-state index in [9.17, 15) is 4.79 Å². The fourth-order valence-electron chi connectivity index (χ4n) is 2.17. The van der Waals surface area contributed by atoms with E-state index >= 15 is 0 Å². The summed E-state index contributed by atoms with van der Waals surface area (Å²) < 4.78 is 5.26. The van der Waals surface area contributed by atoms with Gasteiger partial charge in [0.15, 0.2) is 0 Å². The van der Waals surface area contributed by atoms with E-state index in [0.29, 0.717) is 13.2 Å². The molecule has 1 aliphatic heterocycles. The number of hydrogen-bond acceptors (Lipinski definition) is 3. The maximum Gasteiger partial charge on any atom is 0.227 e. The van der Waals surface area contributed by atoms with Crippen molar-refractivity contribution in [2.24, 2.45) is 5.92 Å². The summed E-state index contributed by atoms with van der Waals surface area (Å²) in [7, 11) is 1.91. The second kappa shape index (κ2) is 6.52. The van der Waals surface area contributed by atoms with Gasteiger partial charge in [-0.2, -0.15) is 0 Å². The molecule has 0 aromatic heterocycles. The Morgan fingerprint density at radius 3 is 2.89 bits per heavy atom. The van der Waals surface area contributed by atoms with Crippen molar-refractivity contribution in [3.63, 3.8) is 0 Å². The number of rotatable bonds is 4. The van der Waals surface area contributed by atoms with Crippen molar-refractivity contribution in [3.8, 4) is 0 Å². The highest BCUT2D eigenvalue weighted by atomic mass is 16.5. The number of carbonyl (C=O) groups is 1. The highest BCUT2D eigenvalue weighted by Crippen LogP contribution is 2.18. The normalized spacial score (nSPS) is 16.5. The maximum absolute atomic E-state index is 12.1. The summed E-state index contributed by atoms with van der Waals surface area (Å²) in [5, 5.41) is 6.09. The number of benzene rings is 1. The Morgan fingerprint density at radius 1 is 1.39 bits per heavy atom. The molecule has 1 aromatic rings. The fraction of sp³-hybridized carbons (Fsp3) is 0.500. The number of amides is 1. The summed E-state index contributed by atoms with van der Waals surface area (Å²) in [5.41, 5.74) is 2.04. The molecule has 4 heteroatoms. The van der Waals surface area contributed by atoms with Crippen LogP contribution in [0.3, 0.4) is 0 Å². The Labute approximate surface area is 108 Å². The SMILES string of the molecule is CNCc1cccc(NC(=O)C2CCOCC2)c1. The predicted molar refractivity (Wildman–Crippen MR) is 71.4 cm³/mol. The third-order valence-electron chi connectivity index (χ3n) is 3.17. The van der Waals surface area contributed by atoms with Crippen LogP contribution in [0.1, 0.15) is 18.4 Å². The summed E-state index contributed by atoms with van der Waals surface area (Å²) in [6.45, 7) is 2.19. The zero-order chi connectivity index (χ0) is 12.8. The molecule has 4 nitrogen and oxygen atoms in total. The number of ether oxygens (including phenoxy) is 1. The molecule has 2 rings (SSSR count). The standard InChI is InChI=1S/C14H20N2O2/c1-15-10-11-3-2-4-13(9-11)16-14(17)12-5-7-18-8-6-12/h2-4,9,12,15H,5-8,10H2,1H3,(H,16,17). The van der Waals surface area contributed by atoms with E-state index in [2.05, 4.69) is 10.6 Å². The van der Waals surface area contributed by atoms with Crippen LogP contribution in [0.15, 0.2) is 24.3 Å². The monoisotopic (exact) mass is 248 g/mol. The van der Waals surface area contributed by atoms with Crippen molar-refractivity contribution < 1.29 is 9.53 Å². The largest absolute Gasteiger partial charge is 0.381 e. The molecule has 0 unspecified atom stereocenters. The van der Waals surface area contributed by atoms with Crippen LogP contribution < -0.4 is 10.6 Å². The van der Waals surface area contributed by atoms with Crippen LogP contribution in [0.5, 0.6) is 0 Å². The third kappa shape index (κ3) is 3.55. The molecule has 0 bridgehead atoms. The average molecular weight is 248 g/mol. The van der Waals surface area contributed by atoms with E-state index in [4.69, 9.17) is 4.74 Å². The Hall–Kier alpha value is -1.39. The Balaban J connectivity index is 1.95. The third-order valence-corrected chi connectivity index (χ3v) is 3.17. The van der Waals surface area contributed by atoms with Gasteiger partial charge in [0.2, 0.25) is 5.91 Å². The number of carbonyl (C=O) groups excluding carboxylic acids is 1. The lowest BCUT2D eigenvalue weighted by molar-refractivity contribution is -0.122. The molecular formula is C14H20N2O2. The number of hydrogen-bond donors (Lipinski definition) is 2. The van der Waals surface area contributed by atoms with Gasteiger partial charge in [0.1, 0.15) is 0 Å². The van der Waals surface area contributed by atoms with Gasteiger partial charge in [0, 0.05) is 31.4 Å². The molecular weight excluding hydrogens is 228 g/mol. The van der Waals surface area contributed by atoms with E-state index in [1.165, 1.54) is 5.56 Å². The van der Waals surface area contributed by atoms with Gasteiger partial charge in [-0.3, -0.25) is 4.79 Å². The molecule has 0 radical (unpaired) electrons. The Bertz CT molecular complexity index is 401. The van der Waals surface area contributed by atoms with E-state index in [-0.39, 0.29) is 11.8 Å². The molecule has 98 valence electrons. The van der Waals surface area contributed by atoms with Crippen molar-refractivity contribution in [1.82, 2.24) is 5.32 Å². The first kappa shape index (κ1) is 13.1. The first-order valence-electron chi connectivity index (χ1n) is 6.42.